The van der Waals surface area contributed by atoms with E-state index in [2.05, 4.69) is 34.8 Å². The summed E-state index contributed by atoms with van der Waals surface area (Å²) in [6.45, 7) is 8.83. The lowest BCUT2D eigenvalue weighted by Gasteiger charge is -2.36. The molecule has 1 aliphatic rings. The Bertz CT molecular complexity index is 450. The average Bonchev–Trinajstić information content (AvgIpc) is 2.85. The average molecular weight is 295 g/mol. The Hall–Kier alpha value is -0.940. The van der Waals surface area contributed by atoms with Crippen LogP contribution in [0.2, 0.25) is 0 Å². The fourth-order valence-corrected chi connectivity index (χ4v) is 3.46. The molecule has 4 nitrogen and oxygen atoms in total. The number of carbonyl (C=O) groups excluding carboxylic acids is 1. The van der Waals surface area contributed by atoms with Crippen LogP contribution in [0.15, 0.2) is 5.38 Å². The lowest BCUT2D eigenvalue weighted by molar-refractivity contribution is -0.132. The lowest BCUT2D eigenvalue weighted by atomic mass is 9.74. The number of carbonyl (C=O) groups is 1. The van der Waals surface area contributed by atoms with E-state index in [0.29, 0.717) is 12.5 Å². The van der Waals surface area contributed by atoms with E-state index in [9.17, 15) is 4.79 Å². The summed E-state index contributed by atoms with van der Waals surface area (Å²) in [4.78, 5) is 16.8. The number of rotatable bonds is 5. The van der Waals surface area contributed by atoms with Gasteiger partial charge in [0.15, 0.2) is 0 Å². The van der Waals surface area contributed by atoms with Crippen LogP contribution in [-0.2, 0) is 11.2 Å². The number of thiazole rings is 1. The molecular weight excluding hydrogens is 270 g/mol. The first-order chi connectivity index (χ1) is 9.50. The Labute approximate surface area is 125 Å². The third kappa shape index (κ3) is 3.79. The Morgan fingerprint density at radius 3 is 3.00 bits per heavy atom. The molecule has 1 aromatic heterocycles. The maximum absolute atomic E-state index is 12.4. The molecule has 0 aromatic carbocycles. The fourth-order valence-electron chi connectivity index (χ4n) is 2.68. The normalized spacial score (nSPS) is 19.9. The van der Waals surface area contributed by atoms with Gasteiger partial charge in [0.2, 0.25) is 5.91 Å². The van der Waals surface area contributed by atoms with Crippen molar-refractivity contribution in [2.24, 2.45) is 11.3 Å². The molecule has 1 unspecified atom stereocenters. The monoisotopic (exact) mass is 295 g/mol. The molecule has 0 radical (unpaired) electrons. The standard InChI is InChI=1S/C15H25N3OS/c1-11-10-20-13(18-11)6-8-17-14(19)15(2,3)12-5-4-7-16-9-12/h10,12,16H,4-9H2,1-3H3,(H,17,19). The van der Waals surface area contributed by atoms with Gasteiger partial charge in [-0.3, -0.25) is 4.79 Å². The second-order valence-corrected chi connectivity index (χ2v) is 7.10. The van der Waals surface area contributed by atoms with Crippen LogP contribution < -0.4 is 10.6 Å². The number of aryl methyl sites for hydroxylation is 1. The summed E-state index contributed by atoms with van der Waals surface area (Å²) < 4.78 is 0. The van der Waals surface area contributed by atoms with Crippen molar-refractivity contribution in [3.05, 3.63) is 16.1 Å². The van der Waals surface area contributed by atoms with E-state index < -0.39 is 0 Å². The predicted molar refractivity (Wildman–Crippen MR) is 82.9 cm³/mol. The molecule has 1 amide bonds. The molecule has 1 fully saturated rings. The summed E-state index contributed by atoms with van der Waals surface area (Å²) in [5.74, 6) is 0.595. The zero-order chi connectivity index (χ0) is 14.6. The van der Waals surface area contributed by atoms with E-state index in [4.69, 9.17) is 0 Å². The lowest BCUT2D eigenvalue weighted by Crippen LogP contribution is -2.47. The van der Waals surface area contributed by atoms with Gasteiger partial charge in [0, 0.05) is 29.5 Å². The van der Waals surface area contributed by atoms with Gasteiger partial charge in [-0.25, -0.2) is 4.98 Å². The first-order valence-electron chi connectivity index (χ1n) is 7.40. The highest BCUT2D eigenvalue weighted by Gasteiger charge is 2.36. The van der Waals surface area contributed by atoms with Crippen LogP contribution in [-0.4, -0.2) is 30.5 Å². The number of amides is 1. The molecule has 20 heavy (non-hydrogen) atoms. The van der Waals surface area contributed by atoms with E-state index in [0.717, 1.165) is 36.6 Å². The summed E-state index contributed by atoms with van der Waals surface area (Å²) in [6.07, 6.45) is 3.13. The van der Waals surface area contributed by atoms with Crippen molar-refractivity contribution in [3.8, 4) is 0 Å². The van der Waals surface area contributed by atoms with Crippen LogP contribution in [0.4, 0.5) is 0 Å². The third-order valence-electron chi connectivity index (χ3n) is 4.19. The minimum Gasteiger partial charge on any atom is -0.355 e. The van der Waals surface area contributed by atoms with Gasteiger partial charge in [-0.1, -0.05) is 13.8 Å². The van der Waals surface area contributed by atoms with Crippen molar-refractivity contribution >= 4 is 17.2 Å². The molecule has 0 bridgehead atoms. The van der Waals surface area contributed by atoms with Crippen molar-refractivity contribution < 1.29 is 4.79 Å². The molecule has 1 aliphatic heterocycles. The Morgan fingerprint density at radius 2 is 2.40 bits per heavy atom. The summed E-state index contributed by atoms with van der Waals surface area (Å²) in [5, 5.41) is 9.62. The first kappa shape index (κ1) is 15.4. The summed E-state index contributed by atoms with van der Waals surface area (Å²) >= 11 is 1.66. The van der Waals surface area contributed by atoms with Gasteiger partial charge in [-0.15, -0.1) is 11.3 Å². The molecule has 0 spiro atoms. The largest absolute Gasteiger partial charge is 0.355 e. The number of hydrogen-bond acceptors (Lipinski definition) is 4. The molecule has 1 atom stereocenters. The highest BCUT2D eigenvalue weighted by molar-refractivity contribution is 7.09. The number of aromatic nitrogens is 1. The first-order valence-corrected chi connectivity index (χ1v) is 8.28. The van der Waals surface area contributed by atoms with Crippen LogP contribution in [0, 0.1) is 18.3 Å². The molecule has 2 heterocycles. The van der Waals surface area contributed by atoms with Crippen LogP contribution in [0.1, 0.15) is 37.4 Å². The fraction of sp³-hybridized carbons (Fsp3) is 0.733. The maximum atomic E-state index is 12.4. The summed E-state index contributed by atoms with van der Waals surface area (Å²) in [5.41, 5.74) is 0.761. The predicted octanol–water partition coefficient (Wildman–Crippen LogP) is 2.14. The van der Waals surface area contributed by atoms with Gasteiger partial charge in [-0.2, -0.15) is 0 Å². The van der Waals surface area contributed by atoms with Crippen LogP contribution in [0.5, 0.6) is 0 Å². The zero-order valence-electron chi connectivity index (χ0n) is 12.7. The van der Waals surface area contributed by atoms with Gasteiger partial charge >= 0.3 is 0 Å². The molecule has 0 aliphatic carbocycles. The molecule has 1 saturated heterocycles. The molecule has 5 heteroatoms. The van der Waals surface area contributed by atoms with Crippen LogP contribution in [0.3, 0.4) is 0 Å². The number of piperidine rings is 1. The van der Waals surface area contributed by atoms with E-state index >= 15 is 0 Å². The Balaban J connectivity index is 1.80. The van der Waals surface area contributed by atoms with E-state index in [1.54, 1.807) is 11.3 Å². The van der Waals surface area contributed by atoms with Gasteiger partial charge in [0.25, 0.3) is 0 Å². The second kappa shape index (κ2) is 6.68. The molecule has 2 N–H and O–H groups in total. The molecule has 0 saturated carbocycles. The maximum Gasteiger partial charge on any atom is 0.225 e. The van der Waals surface area contributed by atoms with Crippen molar-refractivity contribution in [2.75, 3.05) is 19.6 Å². The zero-order valence-corrected chi connectivity index (χ0v) is 13.5. The topological polar surface area (TPSA) is 54.0 Å². The highest BCUT2D eigenvalue weighted by atomic mass is 32.1. The van der Waals surface area contributed by atoms with E-state index in [1.807, 2.05) is 6.92 Å². The van der Waals surface area contributed by atoms with Crippen LogP contribution >= 0.6 is 11.3 Å². The molecule has 1 aromatic rings. The van der Waals surface area contributed by atoms with Gasteiger partial charge in [0.1, 0.15) is 0 Å². The minimum absolute atomic E-state index is 0.166. The highest BCUT2D eigenvalue weighted by Crippen LogP contribution is 2.31. The van der Waals surface area contributed by atoms with Crippen LogP contribution in [0.25, 0.3) is 0 Å². The van der Waals surface area contributed by atoms with Crippen molar-refractivity contribution in [1.29, 1.82) is 0 Å². The summed E-state index contributed by atoms with van der Waals surface area (Å²) in [6, 6.07) is 0. The Morgan fingerprint density at radius 1 is 1.60 bits per heavy atom. The summed E-state index contributed by atoms with van der Waals surface area (Å²) in [7, 11) is 0. The smallest absolute Gasteiger partial charge is 0.225 e. The second-order valence-electron chi connectivity index (χ2n) is 6.15. The van der Waals surface area contributed by atoms with Crippen molar-refractivity contribution in [3.63, 3.8) is 0 Å². The van der Waals surface area contributed by atoms with E-state index in [1.165, 1.54) is 6.42 Å². The van der Waals surface area contributed by atoms with E-state index in [-0.39, 0.29) is 11.3 Å². The minimum atomic E-state index is -0.299. The SMILES string of the molecule is Cc1csc(CCNC(=O)C(C)(C)C2CCCNC2)n1. The van der Waals surface area contributed by atoms with Gasteiger partial charge < -0.3 is 10.6 Å². The molecule has 2 rings (SSSR count). The van der Waals surface area contributed by atoms with Gasteiger partial charge in [-0.05, 0) is 38.8 Å². The molecular formula is C15H25N3OS. The Kier molecular flexibility index (Phi) is 5.16. The number of nitrogens with zero attached hydrogens (tertiary/aromatic N) is 1. The quantitative estimate of drug-likeness (QED) is 0.875. The number of hydrogen-bond donors (Lipinski definition) is 2. The molecule has 112 valence electrons. The third-order valence-corrected chi connectivity index (χ3v) is 5.22. The number of nitrogens with one attached hydrogen (secondary N) is 2. The van der Waals surface area contributed by atoms with Gasteiger partial charge in [0.05, 0.1) is 5.01 Å². The van der Waals surface area contributed by atoms with Crippen molar-refractivity contribution in [2.45, 2.75) is 40.0 Å². The van der Waals surface area contributed by atoms with Crippen molar-refractivity contribution in [1.82, 2.24) is 15.6 Å².